The molecule has 0 aromatic heterocycles. The van der Waals surface area contributed by atoms with Gasteiger partial charge in [-0.05, 0) is 43.2 Å². The van der Waals surface area contributed by atoms with Crippen LogP contribution in [0.4, 0.5) is 18.9 Å². The molecule has 0 aliphatic rings. The number of nitrogens with one attached hydrogen (secondary N) is 1. The van der Waals surface area contributed by atoms with Crippen molar-refractivity contribution >= 4 is 11.6 Å². The third-order valence-corrected chi connectivity index (χ3v) is 3.19. The number of carbonyl (C=O) groups excluding carboxylic acids is 1. The Balaban J connectivity index is 1.80. The highest BCUT2D eigenvalue weighted by Crippen LogP contribution is 2.30. The van der Waals surface area contributed by atoms with Gasteiger partial charge in [-0.25, -0.2) is 0 Å². The van der Waals surface area contributed by atoms with Crippen molar-refractivity contribution < 1.29 is 27.4 Å². The summed E-state index contributed by atoms with van der Waals surface area (Å²) in [6, 6.07) is 12.9. The second-order valence-electron chi connectivity index (χ2n) is 5.36. The van der Waals surface area contributed by atoms with Crippen LogP contribution in [-0.2, 0) is 4.79 Å². The molecule has 7 heteroatoms. The lowest BCUT2D eigenvalue weighted by Gasteiger charge is -2.13. The molecule has 0 bridgehead atoms. The van der Waals surface area contributed by atoms with E-state index in [2.05, 4.69) is 10.1 Å². The molecule has 2 rings (SSSR count). The lowest BCUT2D eigenvalue weighted by Crippen LogP contribution is -2.19. The Bertz CT molecular complexity index is 717. The van der Waals surface area contributed by atoms with Crippen molar-refractivity contribution in [3.8, 4) is 11.5 Å². The first-order chi connectivity index (χ1) is 11.8. The van der Waals surface area contributed by atoms with Crippen molar-refractivity contribution in [1.29, 1.82) is 0 Å². The number of halogens is 3. The molecule has 2 aromatic rings. The van der Waals surface area contributed by atoms with Crippen LogP contribution in [0.3, 0.4) is 0 Å². The number of hydrogen-bond donors (Lipinski definition) is 1. The van der Waals surface area contributed by atoms with Crippen LogP contribution >= 0.6 is 0 Å². The quantitative estimate of drug-likeness (QED) is 0.735. The Morgan fingerprint density at radius 3 is 2.60 bits per heavy atom. The Morgan fingerprint density at radius 1 is 1.12 bits per heavy atom. The first kappa shape index (κ1) is 18.6. The summed E-state index contributed by atoms with van der Waals surface area (Å²) in [4.78, 5) is 11.9. The van der Waals surface area contributed by atoms with Crippen molar-refractivity contribution in [1.82, 2.24) is 0 Å². The third kappa shape index (κ3) is 6.74. The van der Waals surface area contributed by atoms with Crippen LogP contribution in [0.15, 0.2) is 48.5 Å². The van der Waals surface area contributed by atoms with Gasteiger partial charge < -0.3 is 14.8 Å². The number of para-hydroxylation sites is 2. The van der Waals surface area contributed by atoms with Gasteiger partial charge in [0.25, 0.3) is 0 Å². The highest BCUT2D eigenvalue weighted by Gasteiger charge is 2.32. The maximum absolute atomic E-state index is 12.3. The van der Waals surface area contributed by atoms with Gasteiger partial charge in [-0.15, -0.1) is 13.2 Å². The van der Waals surface area contributed by atoms with E-state index in [0.29, 0.717) is 18.8 Å². The molecule has 134 valence electrons. The summed E-state index contributed by atoms with van der Waals surface area (Å²) in [5.74, 6) is -0.144. The predicted octanol–water partition coefficient (Wildman–Crippen LogP) is 4.69. The average molecular weight is 353 g/mol. The van der Waals surface area contributed by atoms with Crippen LogP contribution in [0.2, 0.25) is 0 Å². The number of aryl methyl sites for hydroxylation is 1. The number of ether oxygens (including phenoxy) is 2. The Kier molecular flexibility index (Phi) is 6.27. The number of alkyl halides is 3. The molecule has 0 atom stereocenters. The summed E-state index contributed by atoms with van der Waals surface area (Å²) in [6.07, 6.45) is -4.27. The van der Waals surface area contributed by atoms with Gasteiger partial charge in [0.1, 0.15) is 5.75 Å². The fourth-order valence-electron chi connectivity index (χ4n) is 2.12. The van der Waals surface area contributed by atoms with Gasteiger partial charge in [-0.1, -0.05) is 24.3 Å². The predicted molar refractivity (Wildman–Crippen MR) is 87.7 cm³/mol. The molecule has 0 saturated carbocycles. The molecule has 0 saturated heterocycles. The molecule has 0 heterocycles. The topological polar surface area (TPSA) is 47.6 Å². The molecule has 2 aromatic carbocycles. The second kappa shape index (κ2) is 8.41. The van der Waals surface area contributed by atoms with E-state index in [1.807, 2.05) is 31.2 Å². The molecular formula is C18H18F3NO3. The molecule has 0 spiro atoms. The van der Waals surface area contributed by atoms with Crippen LogP contribution in [0, 0.1) is 6.92 Å². The van der Waals surface area contributed by atoms with E-state index in [9.17, 15) is 18.0 Å². The largest absolute Gasteiger partial charge is 0.573 e. The molecule has 4 nitrogen and oxygen atoms in total. The summed E-state index contributed by atoms with van der Waals surface area (Å²) in [5, 5.41) is 2.42. The molecule has 0 aliphatic heterocycles. The van der Waals surface area contributed by atoms with Gasteiger partial charge in [-0.3, -0.25) is 4.79 Å². The Morgan fingerprint density at radius 2 is 1.88 bits per heavy atom. The molecule has 0 fully saturated rings. The Hall–Kier alpha value is -2.70. The van der Waals surface area contributed by atoms with Crippen molar-refractivity contribution in [2.45, 2.75) is 26.1 Å². The number of amides is 1. The fourth-order valence-corrected chi connectivity index (χ4v) is 2.12. The monoisotopic (exact) mass is 353 g/mol. The van der Waals surface area contributed by atoms with E-state index in [-0.39, 0.29) is 12.1 Å². The first-order valence-electron chi connectivity index (χ1n) is 7.67. The van der Waals surface area contributed by atoms with E-state index in [1.54, 1.807) is 0 Å². The summed E-state index contributed by atoms with van der Waals surface area (Å²) in [7, 11) is 0. The van der Waals surface area contributed by atoms with Crippen LogP contribution in [-0.4, -0.2) is 18.9 Å². The number of hydrogen-bond acceptors (Lipinski definition) is 3. The summed E-state index contributed by atoms with van der Waals surface area (Å²) in [6.45, 7) is 2.28. The average Bonchev–Trinajstić information content (AvgIpc) is 2.52. The van der Waals surface area contributed by atoms with Gasteiger partial charge in [0.05, 0.1) is 12.3 Å². The molecule has 1 amide bonds. The SMILES string of the molecule is Cc1cccc(OCCCC(=O)Nc2ccccc2OC(F)(F)F)c1. The summed E-state index contributed by atoms with van der Waals surface area (Å²) < 4.78 is 46.4. The van der Waals surface area contributed by atoms with Crippen molar-refractivity contribution in [2.75, 3.05) is 11.9 Å². The minimum Gasteiger partial charge on any atom is -0.494 e. The maximum atomic E-state index is 12.3. The highest BCUT2D eigenvalue weighted by atomic mass is 19.4. The van der Waals surface area contributed by atoms with Crippen molar-refractivity contribution in [3.63, 3.8) is 0 Å². The molecule has 0 unspecified atom stereocenters. The zero-order chi connectivity index (χ0) is 18.3. The normalized spacial score (nSPS) is 11.0. The van der Waals surface area contributed by atoms with Gasteiger partial charge >= 0.3 is 6.36 Å². The lowest BCUT2D eigenvalue weighted by molar-refractivity contribution is -0.274. The van der Waals surface area contributed by atoms with Crippen molar-refractivity contribution in [2.24, 2.45) is 0 Å². The van der Waals surface area contributed by atoms with Crippen LogP contribution in [0.1, 0.15) is 18.4 Å². The van der Waals surface area contributed by atoms with E-state index in [0.717, 1.165) is 11.6 Å². The Labute approximate surface area is 143 Å². The molecule has 0 radical (unpaired) electrons. The number of benzene rings is 2. The third-order valence-electron chi connectivity index (χ3n) is 3.19. The lowest BCUT2D eigenvalue weighted by atomic mass is 10.2. The van der Waals surface area contributed by atoms with E-state index < -0.39 is 18.0 Å². The first-order valence-corrected chi connectivity index (χ1v) is 7.67. The maximum Gasteiger partial charge on any atom is 0.573 e. The number of carbonyl (C=O) groups is 1. The number of rotatable bonds is 7. The van der Waals surface area contributed by atoms with Crippen LogP contribution < -0.4 is 14.8 Å². The van der Waals surface area contributed by atoms with Crippen LogP contribution in [0.5, 0.6) is 11.5 Å². The molecule has 25 heavy (non-hydrogen) atoms. The summed E-state index contributed by atoms with van der Waals surface area (Å²) in [5.41, 5.74) is 1.04. The van der Waals surface area contributed by atoms with Gasteiger partial charge in [0, 0.05) is 6.42 Å². The van der Waals surface area contributed by atoms with Crippen LogP contribution in [0.25, 0.3) is 0 Å². The van der Waals surface area contributed by atoms with E-state index in [1.165, 1.54) is 18.2 Å². The smallest absolute Gasteiger partial charge is 0.494 e. The molecule has 1 N–H and O–H groups in total. The highest BCUT2D eigenvalue weighted by molar-refractivity contribution is 5.92. The van der Waals surface area contributed by atoms with Gasteiger partial charge in [0.2, 0.25) is 5.91 Å². The van der Waals surface area contributed by atoms with Gasteiger partial charge in [-0.2, -0.15) is 0 Å². The zero-order valence-corrected chi connectivity index (χ0v) is 13.6. The fraction of sp³-hybridized carbons (Fsp3) is 0.278. The van der Waals surface area contributed by atoms with E-state index in [4.69, 9.17) is 4.74 Å². The molecular weight excluding hydrogens is 335 g/mol. The minimum absolute atomic E-state index is 0.0237. The van der Waals surface area contributed by atoms with E-state index >= 15 is 0 Å². The minimum atomic E-state index is -4.82. The van der Waals surface area contributed by atoms with Gasteiger partial charge in [0.15, 0.2) is 5.75 Å². The standard InChI is InChI=1S/C18H18F3NO3/c1-13-6-4-7-14(12-13)24-11-5-10-17(23)22-15-8-2-3-9-16(15)25-18(19,20)21/h2-4,6-9,12H,5,10-11H2,1H3,(H,22,23). The summed E-state index contributed by atoms with van der Waals surface area (Å²) >= 11 is 0. The second-order valence-corrected chi connectivity index (χ2v) is 5.36. The zero-order valence-electron chi connectivity index (χ0n) is 13.6. The number of anilines is 1. The van der Waals surface area contributed by atoms with Crippen molar-refractivity contribution in [3.05, 3.63) is 54.1 Å². The molecule has 0 aliphatic carbocycles.